The van der Waals surface area contributed by atoms with Crippen molar-refractivity contribution in [3.05, 3.63) is 118 Å². The third kappa shape index (κ3) is 8.20. The van der Waals surface area contributed by atoms with Gasteiger partial charge in [-0.25, -0.2) is 0 Å². The van der Waals surface area contributed by atoms with Gasteiger partial charge in [0.25, 0.3) is 0 Å². The lowest BCUT2D eigenvalue weighted by Gasteiger charge is -2.19. The molecule has 1 unspecified atom stereocenters. The smallest absolute Gasteiger partial charge is 0.181 e. The van der Waals surface area contributed by atoms with E-state index in [2.05, 4.69) is 37.2 Å². The van der Waals surface area contributed by atoms with Crippen molar-refractivity contribution >= 4 is 11.5 Å². The van der Waals surface area contributed by atoms with Gasteiger partial charge < -0.3 is 10.9 Å². The number of carbonyl (C=O) groups is 1. The number of rotatable bonds is 0. The van der Waals surface area contributed by atoms with E-state index < -0.39 is 0 Å². The maximum absolute atomic E-state index is 11.2. The van der Waals surface area contributed by atoms with Gasteiger partial charge in [0, 0.05) is 42.9 Å². The third-order valence-electron chi connectivity index (χ3n) is 8.48. The molecule has 4 aliphatic carbocycles. The molecule has 4 heterocycles. The molecule has 4 aromatic rings. The maximum Gasteiger partial charge on any atom is 0.181 e. The van der Waals surface area contributed by atoms with Crippen LogP contribution in [-0.4, -0.2) is 36.6 Å². The van der Waals surface area contributed by atoms with E-state index in [1.807, 2.05) is 48.8 Å². The van der Waals surface area contributed by atoms with Crippen LogP contribution in [0.15, 0.2) is 78.5 Å². The lowest BCUT2D eigenvalue weighted by molar-refractivity contribution is 0.0967. The lowest BCUT2D eigenvalue weighted by Crippen LogP contribution is -2.18. The van der Waals surface area contributed by atoms with Crippen LogP contribution < -0.4 is 5.73 Å². The largest absolute Gasteiger partial charge is 0.411 e. The Morgan fingerprint density at radius 3 is 1.89 bits per heavy atom. The van der Waals surface area contributed by atoms with Crippen LogP contribution in [0.3, 0.4) is 0 Å². The van der Waals surface area contributed by atoms with Crippen molar-refractivity contribution < 1.29 is 10.0 Å². The van der Waals surface area contributed by atoms with Gasteiger partial charge in [0.05, 0.1) is 11.4 Å². The van der Waals surface area contributed by atoms with Crippen molar-refractivity contribution in [1.29, 1.82) is 0 Å². The molecule has 0 spiro atoms. The molecule has 4 aliphatic rings. The van der Waals surface area contributed by atoms with Gasteiger partial charge in [-0.1, -0.05) is 29.4 Å². The van der Waals surface area contributed by atoms with Crippen molar-refractivity contribution in [3.63, 3.8) is 0 Å². The van der Waals surface area contributed by atoms with Crippen LogP contribution in [0.4, 0.5) is 0 Å². The predicted octanol–water partition coefficient (Wildman–Crippen LogP) is 6.57. The topological polar surface area (TPSA) is 127 Å². The highest BCUT2D eigenvalue weighted by Gasteiger charge is 2.18. The molecule has 0 fully saturated rings. The summed E-state index contributed by atoms with van der Waals surface area (Å²) in [5, 5.41) is 11.9. The summed E-state index contributed by atoms with van der Waals surface area (Å²) in [4.78, 5) is 28.0. The molecule has 0 saturated carbocycles. The molecule has 44 heavy (non-hydrogen) atoms. The first-order chi connectivity index (χ1) is 21.6. The summed E-state index contributed by atoms with van der Waals surface area (Å²) in [5.41, 5.74) is 15.7. The van der Waals surface area contributed by atoms with Gasteiger partial charge in [-0.05, 0) is 124 Å². The molecule has 4 aromatic heterocycles. The Morgan fingerprint density at radius 2 is 1.18 bits per heavy atom. The number of ketones is 1. The zero-order valence-electron chi connectivity index (χ0n) is 25.4. The first-order valence-corrected chi connectivity index (χ1v) is 15.9. The molecule has 0 amide bonds. The quantitative estimate of drug-likeness (QED) is 0.175. The Balaban J connectivity index is 0.000000117. The highest BCUT2D eigenvalue weighted by Crippen LogP contribution is 2.25. The summed E-state index contributed by atoms with van der Waals surface area (Å²) in [6.45, 7) is 0. The molecule has 0 saturated heterocycles. The number of pyridine rings is 4. The Labute approximate surface area is 259 Å². The van der Waals surface area contributed by atoms with E-state index in [9.17, 15) is 4.79 Å². The number of carbonyl (C=O) groups excluding carboxylic acids is 1. The van der Waals surface area contributed by atoms with Crippen LogP contribution in [0.2, 0.25) is 0 Å². The Kier molecular flexibility index (Phi) is 11.3. The Hall–Kier alpha value is -4.30. The maximum atomic E-state index is 11.2. The highest BCUT2D eigenvalue weighted by molar-refractivity contribution is 6.00. The summed E-state index contributed by atoms with van der Waals surface area (Å²) < 4.78 is 0. The van der Waals surface area contributed by atoms with Crippen molar-refractivity contribution in [2.24, 2.45) is 10.9 Å². The van der Waals surface area contributed by atoms with Crippen LogP contribution in [0.1, 0.15) is 107 Å². The first-order valence-electron chi connectivity index (χ1n) is 15.9. The summed E-state index contributed by atoms with van der Waals surface area (Å²) in [6.07, 6.45) is 21.3. The first kappa shape index (κ1) is 31.1. The molecule has 1 atom stereocenters. The second-order valence-electron chi connectivity index (χ2n) is 11.6. The molecular formula is C36H42N6O2. The summed E-state index contributed by atoms with van der Waals surface area (Å²) >= 11 is 0. The fourth-order valence-electron chi connectivity index (χ4n) is 6.19. The molecule has 8 heteroatoms. The highest BCUT2D eigenvalue weighted by atomic mass is 16.4. The van der Waals surface area contributed by atoms with E-state index in [1.54, 1.807) is 12.4 Å². The molecule has 0 radical (unpaired) electrons. The van der Waals surface area contributed by atoms with Gasteiger partial charge in [0.1, 0.15) is 11.4 Å². The Bertz CT molecular complexity index is 1540. The molecule has 228 valence electrons. The van der Waals surface area contributed by atoms with E-state index >= 15 is 0 Å². The molecular weight excluding hydrogens is 548 g/mol. The number of aryl methyl sites for hydroxylation is 5. The van der Waals surface area contributed by atoms with Gasteiger partial charge >= 0.3 is 0 Å². The summed E-state index contributed by atoms with van der Waals surface area (Å²) in [7, 11) is 0. The molecule has 8 rings (SSSR count). The number of hydrogen-bond acceptors (Lipinski definition) is 8. The molecule has 8 nitrogen and oxygen atoms in total. The fourth-order valence-corrected chi connectivity index (χ4v) is 6.19. The SMILES string of the molecule is NC1CCCc2cccnc21.O/N=C1/CCCc2cccnc21.O=C1CCCc2cccnc21.c1cnc2c(c1)CCCC2. The minimum Gasteiger partial charge on any atom is -0.411 e. The second-order valence-corrected chi connectivity index (χ2v) is 11.6. The zero-order chi connectivity index (χ0) is 30.6. The zero-order valence-corrected chi connectivity index (χ0v) is 25.4. The van der Waals surface area contributed by atoms with Crippen molar-refractivity contribution in [3.8, 4) is 0 Å². The standard InChI is InChI=1S/C9H10N2O.C9H12N2.C9H9NO.C9H11N/c12-11-8-5-1-3-7-4-2-6-10-9(7)8;10-8-5-1-3-7-4-2-6-11-9(7)8;11-8-5-1-3-7-4-2-6-10-9(7)8;1-2-6-9-8(4-1)5-3-7-10-9/h2,4,6,12H,1,3,5H2;2,4,6,8H,1,3,5,10H2;2,4,6H,1,3,5H2;3,5,7H,1-2,4,6H2/b11-8-;;;. The van der Waals surface area contributed by atoms with Gasteiger partial charge in [-0.15, -0.1) is 0 Å². The third-order valence-corrected chi connectivity index (χ3v) is 8.48. The monoisotopic (exact) mass is 590 g/mol. The normalized spacial score (nSPS) is 18.7. The minimum atomic E-state index is 0.181. The van der Waals surface area contributed by atoms with Crippen LogP contribution >= 0.6 is 0 Å². The number of aromatic nitrogens is 4. The molecule has 0 aliphatic heterocycles. The average Bonchev–Trinajstić information content (AvgIpc) is 3.09. The van der Waals surface area contributed by atoms with Crippen LogP contribution in [0, 0.1) is 0 Å². The average molecular weight is 591 g/mol. The van der Waals surface area contributed by atoms with Crippen LogP contribution in [-0.2, 0) is 32.1 Å². The summed E-state index contributed by atoms with van der Waals surface area (Å²) in [6, 6.07) is 16.3. The van der Waals surface area contributed by atoms with Crippen molar-refractivity contribution in [1.82, 2.24) is 19.9 Å². The van der Waals surface area contributed by atoms with E-state index in [0.717, 1.165) is 67.6 Å². The predicted molar refractivity (Wildman–Crippen MR) is 172 cm³/mol. The number of nitrogens with two attached hydrogens (primary N) is 1. The molecule has 0 bridgehead atoms. The van der Waals surface area contributed by atoms with Gasteiger partial charge in [0.2, 0.25) is 0 Å². The Morgan fingerprint density at radius 1 is 0.614 bits per heavy atom. The number of nitrogens with zero attached hydrogens (tertiary/aromatic N) is 5. The van der Waals surface area contributed by atoms with E-state index in [0.29, 0.717) is 12.1 Å². The van der Waals surface area contributed by atoms with Crippen molar-refractivity contribution in [2.75, 3.05) is 0 Å². The van der Waals surface area contributed by atoms with E-state index in [1.165, 1.54) is 54.5 Å². The van der Waals surface area contributed by atoms with Gasteiger partial charge in [-0.3, -0.25) is 24.7 Å². The summed E-state index contributed by atoms with van der Waals surface area (Å²) in [5.74, 6) is 0.201. The number of oxime groups is 1. The number of Topliss-reactive ketones (excluding diaryl/α,β-unsaturated/α-hetero) is 1. The second kappa shape index (κ2) is 16.0. The lowest BCUT2D eigenvalue weighted by atomic mass is 9.93. The van der Waals surface area contributed by atoms with Gasteiger partial charge in [0.15, 0.2) is 5.78 Å². The molecule has 3 N–H and O–H groups in total. The number of hydrogen-bond donors (Lipinski definition) is 2. The number of fused-ring (bicyclic) bond motifs is 4. The van der Waals surface area contributed by atoms with Crippen LogP contribution in [0.5, 0.6) is 0 Å². The van der Waals surface area contributed by atoms with E-state index in [4.69, 9.17) is 10.9 Å². The van der Waals surface area contributed by atoms with E-state index in [-0.39, 0.29) is 11.8 Å². The fraction of sp³-hybridized carbons (Fsp3) is 0.389. The van der Waals surface area contributed by atoms with Crippen molar-refractivity contribution in [2.45, 2.75) is 89.5 Å². The minimum absolute atomic E-state index is 0.181. The van der Waals surface area contributed by atoms with Gasteiger partial charge in [-0.2, -0.15) is 0 Å². The van der Waals surface area contributed by atoms with Crippen LogP contribution in [0.25, 0.3) is 0 Å². The molecule has 0 aromatic carbocycles.